The molecule has 0 aromatic heterocycles. The molecule has 0 heterocycles. The van der Waals surface area contributed by atoms with Crippen LogP contribution >= 0.6 is 0 Å². The Bertz CT molecular complexity index is 457. The van der Waals surface area contributed by atoms with Crippen LogP contribution in [0.15, 0.2) is 18.2 Å². The van der Waals surface area contributed by atoms with E-state index in [-0.39, 0.29) is 6.42 Å². The first-order valence-electron chi connectivity index (χ1n) is 8.65. The van der Waals surface area contributed by atoms with Gasteiger partial charge in [-0.3, -0.25) is 4.79 Å². The van der Waals surface area contributed by atoms with Crippen LogP contribution in [0.3, 0.4) is 0 Å². The Balaban J connectivity index is 2.78. The lowest BCUT2D eigenvalue weighted by molar-refractivity contribution is -0.136. The summed E-state index contributed by atoms with van der Waals surface area (Å²) >= 11 is 0. The molecular formula is C19H31NO2. The highest BCUT2D eigenvalue weighted by Gasteiger charge is 2.14. The number of carboxylic acid groups (broad SMARTS) is 1. The molecule has 0 aliphatic heterocycles. The number of unbranched alkanes of at least 4 members (excludes halogenated alkanes) is 4. The van der Waals surface area contributed by atoms with E-state index in [4.69, 9.17) is 5.11 Å². The van der Waals surface area contributed by atoms with Crippen LogP contribution < -0.4 is 4.90 Å². The third-order valence-corrected chi connectivity index (χ3v) is 4.15. The largest absolute Gasteiger partial charge is 0.481 e. The standard InChI is InChI=1S/C19H31NO2/c1-4-6-7-8-9-14-20(15-13-18(21)22)19-16(3)11-10-12-17(19)5-2/h10-12H,4-9,13-15H2,1-3H3,(H,21,22). The van der Waals surface area contributed by atoms with Crippen LogP contribution in [0.25, 0.3) is 0 Å². The highest BCUT2D eigenvalue weighted by Crippen LogP contribution is 2.26. The zero-order valence-electron chi connectivity index (χ0n) is 14.4. The molecule has 0 spiro atoms. The van der Waals surface area contributed by atoms with Crippen molar-refractivity contribution < 1.29 is 9.90 Å². The fourth-order valence-corrected chi connectivity index (χ4v) is 2.93. The first kappa shape index (κ1) is 18.5. The van der Waals surface area contributed by atoms with E-state index >= 15 is 0 Å². The molecule has 0 saturated heterocycles. The van der Waals surface area contributed by atoms with Crippen molar-refractivity contribution in [1.82, 2.24) is 0 Å². The van der Waals surface area contributed by atoms with Gasteiger partial charge >= 0.3 is 5.97 Å². The van der Waals surface area contributed by atoms with E-state index in [0.29, 0.717) is 6.54 Å². The van der Waals surface area contributed by atoms with Crippen molar-refractivity contribution in [2.45, 2.75) is 65.7 Å². The van der Waals surface area contributed by atoms with Gasteiger partial charge in [-0.15, -0.1) is 0 Å². The van der Waals surface area contributed by atoms with E-state index in [9.17, 15) is 4.79 Å². The van der Waals surface area contributed by atoms with E-state index < -0.39 is 5.97 Å². The minimum absolute atomic E-state index is 0.201. The van der Waals surface area contributed by atoms with Crippen LogP contribution in [-0.4, -0.2) is 24.2 Å². The van der Waals surface area contributed by atoms with Crippen molar-refractivity contribution in [1.29, 1.82) is 0 Å². The molecule has 0 unspecified atom stereocenters. The fourth-order valence-electron chi connectivity index (χ4n) is 2.93. The van der Waals surface area contributed by atoms with Gasteiger partial charge in [0.05, 0.1) is 6.42 Å². The molecule has 0 fully saturated rings. The third-order valence-electron chi connectivity index (χ3n) is 4.15. The molecule has 0 atom stereocenters. The topological polar surface area (TPSA) is 40.5 Å². The van der Waals surface area contributed by atoms with Gasteiger partial charge in [-0.25, -0.2) is 0 Å². The zero-order chi connectivity index (χ0) is 16.4. The summed E-state index contributed by atoms with van der Waals surface area (Å²) in [6.45, 7) is 8.06. The minimum Gasteiger partial charge on any atom is -0.481 e. The highest BCUT2D eigenvalue weighted by molar-refractivity contribution is 5.68. The van der Waals surface area contributed by atoms with Crippen LogP contribution in [0.4, 0.5) is 5.69 Å². The Morgan fingerprint density at radius 2 is 1.82 bits per heavy atom. The minimum atomic E-state index is -0.720. The maximum absolute atomic E-state index is 11.0. The van der Waals surface area contributed by atoms with E-state index in [0.717, 1.165) is 19.4 Å². The van der Waals surface area contributed by atoms with E-state index in [2.05, 4.69) is 43.9 Å². The van der Waals surface area contributed by atoms with Gasteiger partial charge in [0, 0.05) is 18.8 Å². The second-order valence-electron chi connectivity index (χ2n) is 5.98. The molecule has 0 aliphatic carbocycles. The van der Waals surface area contributed by atoms with Gasteiger partial charge in [-0.2, -0.15) is 0 Å². The van der Waals surface area contributed by atoms with Gasteiger partial charge < -0.3 is 10.0 Å². The maximum Gasteiger partial charge on any atom is 0.305 e. The van der Waals surface area contributed by atoms with E-state index in [1.807, 2.05) is 0 Å². The smallest absolute Gasteiger partial charge is 0.305 e. The number of benzene rings is 1. The number of carbonyl (C=O) groups is 1. The van der Waals surface area contributed by atoms with Gasteiger partial charge in [0.1, 0.15) is 0 Å². The summed E-state index contributed by atoms with van der Waals surface area (Å²) in [5, 5.41) is 9.02. The van der Waals surface area contributed by atoms with Crippen LogP contribution in [0.1, 0.15) is 63.5 Å². The molecule has 124 valence electrons. The number of aliphatic carboxylic acids is 1. The Labute approximate surface area is 135 Å². The first-order chi connectivity index (χ1) is 10.6. The van der Waals surface area contributed by atoms with Gasteiger partial charge in [-0.05, 0) is 30.9 Å². The van der Waals surface area contributed by atoms with Crippen LogP contribution in [0, 0.1) is 6.92 Å². The fraction of sp³-hybridized carbons (Fsp3) is 0.632. The summed E-state index contributed by atoms with van der Waals surface area (Å²) in [4.78, 5) is 13.2. The second-order valence-corrected chi connectivity index (χ2v) is 5.98. The summed E-state index contributed by atoms with van der Waals surface area (Å²) < 4.78 is 0. The Kier molecular flexibility index (Phi) is 8.64. The molecule has 0 bridgehead atoms. The number of hydrogen-bond acceptors (Lipinski definition) is 2. The number of carboxylic acids is 1. The average Bonchev–Trinajstić information content (AvgIpc) is 2.50. The molecule has 1 rings (SSSR count). The van der Waals surface area contributed by atoms with Gasteiger partial charge in [-0.1, -0.05) is 57.7 Å². The van der Waals surface area contributed by atoms with Crippen molar-refractivity contribution >= 4 is 11.7 Å². The lowest BCUT2D eigenvalue weighted by atomic mass is 10.0. The summed E-state index contributed by atoms with van der Waals surface area (Å²) in [5.41, 5.74) is 3.82. The molecule has 0 aliphatic rings. The molecule has 1 aromatic carbocycles. The maximum atomic E-state index is 11.0. The van der Waals surface area contributed by atoms with Crippen molar-refractivity contribution in [3.05, 3.63) is 29.3 Å². The molecular weight excluding hydrogens is 274 g/mol. The normalized spacial score (nSPS) is 10.7. The molecule has 1 aromatic rings. The number of anilines is 1. The number of nitrogens with zero attached hydrogens (tertiary/aromatic N) is 1. The molecule has 3 heteroatoms. The van der Waals surface area contributed by atoms with E-state index in [1.54, 1.807) is 0 Å². The van der Waals surface area contributed by atoms with Crippen molar-refractivity contribution in [2.24, 2.45) is 0 Å². The zero-order valence-corrected chi connectivity index (χ0v) is 14.4. The summed E-state index contributed by atoms with van der Waals surface area (Å²) in [6, 6.07) is 6.38. The molecule has 0 radical (unpaired) electrons. The number of para-hydroxylation sites is 1. The van der Waals surface area contributed by atoms with Crippen LogP contribution in [0.2, 0.25) is 0 Å². The molecule has 0 amide bonds. The number of hydrogen-bond donors (Lipinski definition) is 1. The quantitative estimate of drug-likeness (QED) is 0.596. The summed E-state index contributed by atoms with van der Waals surface area (Å²) in [7, 11) is 0. The SMILES string of the molecule is CCCCCCCN(CCC(=O)O)c1c(C)cccc1CC. The van der Waals surface area contributed by atoms with Crippen LogP contribution in [0.5, 0.6) is 0 Å². The van der Waals surface area contributed by atoms with Gasteiger partial charge in [0.2, 0.25) is 0 Å². The Morgan fingerprint density at radius 1 is 1.09 bits per heavy atom. The monoisotopic (exact) mass is 305 g/mol. The first-order valence-corrected chi connectivity index (χ1v) is 8.65. The summed E-state index contributed by atoms with van der Waals surface area (Å²) in [6.07, 6.45) is 7.36. The Morgan fingerprint density at radius 3 is 2.45 bits per heavy atom. The van der Waals surface area contributed by atoms with E-state index in [1.165, 1.54) is 42.5 Å². The van der Waals surface area contributed by atoms with Crippen molar-refractivity contribution in [2.75, 3.05) is 18.0 Å². The summed E-state index contributed by atoms with van der Waals surface area (Å²) in [5.74, 6) is -0.720. The van der Waals surface area contributed by atoms with Crippen molar-refractivity contribution in [3.8, 4) is 0 Å². The van der Waals surface area contributed by atoms with Crippen molar-refractivity contribution in [3.63, 3.8) is 0 Å². The van der Waals surface area contributed by atoms with Gasteiger partial charge in [0.25, 0.3) is 0 Å². The highest BCUT2D eigenvalue weighted by atomic mass is 16.4. The molecule has 1 N–H and O–H groups in total. The molecule has 3 nitrogen and oxygen atoms in total. The lowest BCUT2D eigenvalue weighted by Gasteiger charge is -2.28. The third kappa shape index (κ3) is 6.08. The number of rotatable bonds is 11. The molecule has 0 saturated carbocycles. The predicted octanol–water partition coefficient (Wildman–Crippen LogP) is 4.81. The Hall–Kier alpha value is -1.51. The second kappa shape index (κ2) is 10.3. The number of aryl methyl sites for hydroxylation is 2. The van der Waals surface area contributed by atoms with Gasteiger partial charge in [0.15, 0.2) is 0 Å². The predicted molar refractivity (Wildman–Crippen MR) is 93.8 cm³/mol. The van der Waals surface area contributed by atoms with Crippen LogP contribution in [-0.2, 0) is 11.2 Å². The average molecular weight is 305 g/mol. The molecule has 22 heavy (non-hydrogen) atoms. The lowest BCUT2D eigenvalue weighted by Crippen LogP contribution is -2.29.